The van der Waals surface area contributed by atoms with Crippen LogP contribution in [0, 0.1) is 11.3 Å². The van der Waals surface area contributed by atoms with E-state index in [9.17, 15) is 13.2 Å². The Hall–Kier alpha value is -1.50. The summed E-state index contributed by atoms with van der Waals surface area (Å²) >= 11 is 0. The standard InChI is InChI=1S/C11H10F3N.C2H6/c1-7(2)10-4-3-9(11(12,13)14)5-8(10)6-15;1-2/h3-5,7H,1-2H3;1-2H3. The Labute approximate surface area is 99.9 Å². The summed E-state index contributed by atoms with van der Waals surface area (Å²) in [4.78, 5) is 0. The second-order valence-electron chi connectivity index (χ2n) is 3.57. The van der Waals surface area contributed by atoms with Crippen molar-refractivity contribution in [2.75, 3.05) is 0 Å². The maximum Gasteiger partial charge on any atom is 0.416 e. The van der Waals surface area contributed by atoms with Crippen LogP contribution in [0.25, 0.3) is 0 Å². The molecule has 0 heterocycles. The predicted octanol–water partition coefficient (Wildman–Crippen LogP) is 4.73. The molecule has 0 bridgehead atoms. The van der Waals surface area contributed by atoms with Crippen molar-refractivity contribution in [1.29, 1.82) is 5.26 Å². The first-order chi connectivity index (χ1) is 7.86. The molecule has 0 amide bonds. The molecule has 0 aliphatic rings. The van der Waals surface area contributed by atoms with Crippen molar-refractivity contribution in [2.24, 2.45) is 0 Å². The monoisotopic (exact) mass is 243 g/mol. The zero-order valence-electron chi connectivity index (χ0n) is 10.4. The Bertz CT molecular complexity index is 400. The Kier molecular flexibility index (Phi) is 5.73. The van der Waals surface area contributed by atoms with Gasteiger partial charge in [-0.25, -0.2) is 0 Å². The molecule has 0 fully saturated rings. The normalized spacial score (nSPS) is 10.5. The smallest absolute Gasteiger partial charge is 0.192 e. The van der Waals surface area contributed by atoms with Crippen LogP contribution in [0.5, 0.6) is 0 Å². The average molecular weight is 243 g/mol. The van der Waals surface area contributed by atoms with E-state index in [1.165, 1.54) is 6.07 Å². The van der Waals surface area contributed by atoms with Gasteiger partial charge in [0.1, 0.15) is 0 Å². The van der Waals surface area contributed by atoms with E-state index in [1.54, 1.807) is 6.07 Å². The highest BCUT2D eigenvalue weighted by Crippen LogP contribution is 2.31. The first kappa shape index (κ1) is 15.5. The van der Waals surface area contributed by atoms with Gasteiger partial charge >= 0.3 is 6.18 Å². The molecule has 1 aromatic carbocycles. The van der Waals surface area contributed by atoms with E-state index in [1.807, 2.05) is 27.7 Å². The third kappa shape index (κ3) is 4.10. The van der Waals surface area contributed by atoms with Crippen LogP contribution >= 0.6 is 0 Å². The summed E-state index contributed by atoms with van der Waals surface area (Å²) in [5.74, 6) is 0.0435. The quantitative estimate of drug-likeness (QED) is 0.699. The summed E-state index contributed by atoms with van der Waals surface area (Å²) in [5.41, 5.74) is -0.0335. The number of hydrogen-bond donors (Lipinski definition) is 0. The Morgan fingerprint density at radius 3 is 2.06 bits per heavy atom. The molecule has 1 nitrogen and oxygen atoms in total. The molecule has 0 aromatic heterocycles. The topological polar surface area (TPSA) is 23.8 Å². The Balaban J connectivity index is 0.00000121. The van der Waals surface area contributed by atoms with Gasteiger partial charge in [0, 0.05) is 0 Å². The molecule has 0 radical (unpaired) electrons. The van der Waals surface area contributed by atoms with Crippen LogP contribution < -0.4 is 0 Å². The summed E-state index contributed by atoms with van der Waals surface area (Å²) in [6.07, 6.45) is -4.39. The number of alkyl halides is 3. The summed E-state index contributed by atoms with van der Waals surface area (Å²) in [6, 6.07) is 5.06. The zero-order valence-corrected chi connectivity index (χ0v) is 10.4. The molecule has 0 aliphatic carbocycles. The van der Waals surface area contributed by atoms with Crippen molar-refractivity contribution >= 4 is 0 Å². The Morgan fingerprint density at radius 1 is 1.18 bits per heavy atom. The van der Waals surface area contributed by atoms with Gasteiger partial charge in [0.2, 0.25) is 0 Å². The van der Waals surface area contributed by atoms with Gasteiger partial charge in [0.15, 0.2) is 0 Å². The summed E-state index contributed by atoms with van der Waals surface area (Å²) < 4.78 is 37.0. The molecule has 94 valence electrons. The van der Waals surface area contributed by atoms with Gasteiger partial charge < -0.3 is 0 Å². The van der Waals surface area contributed by atoms with Crippen LogP contribution in [-0.4, -0.2) is 0 Å². The van der Waals surface area contributed by atoms with E-state index in [4.69, 9.17) is 5.26 Å². The van der Waals surface area contributed by atoms with Crippen LogP contribution in [-0.2, 0) is 6.18 Å². The van der Waals surface area contributed by atoms with Crippen molar-refractivity contribution in [3.05, 3.63) is 34.9 Å². The van der Waals surface area contributed by atoms with Gasteiger partial charge in [0.05, 0.1) is 17.2 Å². The van der Waals surface area contributed by atoms with Gasteiger partial charge in [0.25, 0.3) is 0 Å². The molecule has 4 heteroatoms. The zero-order chi connectivity index (χ0) is 13.6. The number of halogens is 3. The molecule has 0 saturated heterocycles. The van der Waals surface area contributed by atoms with Crippen molar-refractivity contribution in [3.63, 3.8) is 0 Å². The van der Waals surface area contributed by atoms with Gasteiger partial charge in [-0.1, -0.05) is 33.8 Å². The Morgan fingerprint density at radius 2 is 1.71 bits per heavy atom. The highest BCUT2D eigenvalue weighted by molar-refractivity contribution is 5.43. The third-order valence-electron chi connectivity index (χ3n) is 2.12. The van der Waals surface area contributed by atoms with Gasteiger partial charge in [-0.2, -0.15) is 18.4 Å². The number of nitrogens with zero attached hydrogens (tertiary/aromatic N) is 1. The highest BCUT2D eigenvalue weighted by Gasteiger charge is 2.31. The molecule has 0 spiro atoms. The maximum atomic E-state index is 12.3. The van der Waals surface area contributed by atoms with E-state index in [2.05, 4.69) is 0 Å². The van der Waals surface area contributed by atoms with Crippen molar-refractivity contribution in [3.8, 4) is 6.07 Å². The van der Waals surface area contributed by atoms with E-state index in [-0.39, 0.29) is 11.5 Å². The van der Waals surface area contributed by atoms with Crippen LogP contribution in [0.3, 0.4) is 0 Å². The SMILES string of the molecule is CC.CC(C)c1ccc(C(F)(F)F)cc1C#N. The fourth-order valence-electron chi connectivity index (χ4n) is 1.33. The van der Waals surface area contributed by atoms with Gasteiger partial charge in [-0.15, -0.1) is 0 Å². The minimum atomic E-state index is -4.39. The first-order valence-electron chi connectivity index (χ1n) is 5.47. The molecule has 0 aliphatic heterocycles. The summed E-state index contributed by atoms with van der Waals surface area (Å²) in [6.45, 7) is 7.67. The molecule has 0 saturated carbocycles. The van der Waals surface area contributed by atoms with Crippen LogP contribution in [0.15, 0.2) is 18.2 Å². The fourth-order valence-corrected chi connectivity index (χ4v) is 1.33. The average Bonchev–Trinajstić information content (AvgIpc) is 2.29. The van der Waals surface area contributed by atoms with Crippen LogP contribution in [0.4, 0.5) is 13.2 Å². The lowest BCUT2D eigenvalue weighted by atomic mass is 9.96. The number of rotatable bonds is 1. The minimum Gasteiger partial charge on any atom is -0.192 e. The van der Waals surface area contributed by atoms with E-state index in [0.717, 1.165) is 12.1 Å². The lowest BCUT2D eigenvalue weighted by Crippen LogP contribution is -2.06. The lowest BCUT2D eigenvalue weighted by Gasteiger charge is -2.11. The number of benzene rings is 1. The number of nitriles is 1. The largest absolute Gasteiger partial charge is 0.416 e. The van der Waals surface area contributed by atoms with E-state index >= 15 is 0 Å². The lowest BCUT2D eigenvalue weighted by molar-refractivity contribution is -0.137. The molecule has 17 heavy (non-hydrogen) atoms. The van der Waals surface area contributed by atoms with E-state index < -0.39 is 11.7 Å². The summed E-state index contributed by atoms with van der Waals surface area (Å²) in [5, 5.41) is 8.74. The maximum absolute atomic E-state index is 12.3. The van der Waals surface area contributed by atoms with Crippen molar-refractivity contribution in [1.82, 2.24) is 0 Å². The van der Waals surface area contributed by atoms with Gasteiger partial charge in [-0.3, -0.25) is 0 Å². The second kappa shape index (κ2) is 6.29. The number of hydrogen-bond acceptors (Lipinski definition) is 1. The summed E-state index contributed by atoms with van der Waals surface area (Å²) in [7, 11) is 0. The fraction of sp³-hybridized carbons (Fsp3) is 0.462. The third-order valence-corrected chi connectivity index (χ3v) is 2.12. The molecule has 0 N–H and O–H groups in total. The highest BCUT2D eigenvalue weighted by atomic mass is 19.4. The van der Waals surface area contributed by atoms with Crippen molar-refractivity contribution < 1.29 is 13.2 Å². The van der Waals surface area contributed by atoms with Crippen molar-refractivity contribution in [2.45, 2.75) is 39.8 Å². The molecule has 1 aromatic rings. The molecular weight excluding hydrogens is 227 g/mol. The van der Waals surface area contributed by atoms with Gasteiger partial charge in [-0.05, 0) is 23.6 Å². The minimum absolute atomic E-state index is 0.0435. The molecule has 0 unspecified atom stereocenters. The molecule has 1 rings (SSSR count). The second-order valence-corrected chi connectivity index (χ2v) is 3.57. The first-order valence-corrected chi connectivity index (χ1v) is 5.47. The van der Waals surface area contributed by atoms with Crippen LogP contribution in [0.1, 0.15) is 50.3 Å². The molecule has 0 atom stereocenters. The van der Waals surface area contributed by atoms with Crippen LogP contribution in [0.2, 0.25) is 0 Å². The molecular formula is C13H16F3N. The van der Waals surface area contributed by atoms with E-state index in [0.29, 0.717) is 5.56 Å². The predicted molar refractivity (Wildman–Crippen MR) is 61.6 cm³/mol.